The number of benzene rings is 3. The topological polar surface area (TPSA) is 41.5 Å². The van der Waals surface area contributed by atoms with Crippen molar-refractivity contribution in [3.8, 4) is 5.75 Å². The minimum atomic E-state index is 0.184. The molecule has 3 nitrogen and oxygen atoms in total. The Balaban J connectivity index is 1.40. The molecule has 1 heterocycles. The van der Waals surface area contributed by atoms with Crippen LogP contribution in [0.4, 0.5) is 0 Å². The summed E-state index contributed by atoms with van der Waals surface area (Å²) >= 11 is 0. The monoisotopic (exact) mass is 373 g/mol. The average Bonchev–Trinajstić information content (AvgIpc) is 2.75. The van der Waals surface area contributed by atoms with Crippen LogP contribution in [0.15, 0.2) is 84.9 Å². The lowest BCUT2D eigenvalue weighted by Gasteiger charge is -2.35. The number of phenols is 1. The average molecular weight is 373 g/mol. The van der Waals surface area contributed by atoms with Crippen molar-refractivity contribution < 1.29 is 9.84 Å². The normalized spacial score (nSPS) is 19.6. The number of rotatable bonds is 6. The first kappa shape index (κ1) is 18.7. The highest BCUT2D eigenvalue weighted by molar-refractivity contribution is 5.34. The molecule has 0 saturated carbocycles. The highest BCUT2D eigenvalue weighted by Crippen LogP contribution is 2.34. The third kappa shape index (κ3) is 4.61. The van der Waals surface area contributed by atoms with Gasteiger partial charge in [-0.3, -0.25) is 0 Å². The van der Waals surface area contributed by atoms with Crippen LogP contribution in [0.2, 0.25) is 0 Å². The molecule has 4 rings (SSSR count). The minimum Gasteiger partial charge on any atom is -0.508 e. The van der Waals surface area contributed by atoms with Gasteiger partial charge in [0.25, 0.3) is 0 Å². The SMILES string of the molecule is Oc1cccc(CN[C@H]2CC[C@@H](C(c3ccccc3)c3ccccc3)OC2)c1. The molecule has 1 aliphatic heterocycles. The Morgan fingerprint density at radius 3 is 2.11 bits per heavy atom. The molecule has 144 valence electrons. The Bertz CT molecular complexity index is 818. The van der Waals surface area contributed by atoms with Gasteiger partial charge >= 0.3 is 0 Å². The van der Waals surface area contributed by atoms with E-state index in [9.17, 15) is 5.11 Å². The van der Waals surface area contributed by atoms with Crippen LogP contribution in [-0.2, 0) is 11.3 Å². The van der Waals surface area contributed by atoms with Gasteiger partial charge in [-0.2, -0.15) is 0 Å². The molecule has 2 N–H and O–H groups in total. The lowest BCUT2D eigenvalue weighted by molar-refractivity contribution is -0.0116. The van der Waals surface area contributed by atoms with Gasteiger partial charge in [-0.05, 0) is 41.7 Å². The lowest BCUT2D eigenvalue weighted by atomic mass is 9.83. The zero-order valence-electron chi connectivity index (χ0n) is 16.0. The number of hydrogen-bond donors (Lipinski definition) is 2. The maximum atomic E-state index is 9.61. The molecule has 28 heavy (non-hydrogen) atoms. The Kier molecular flexibility index (Phi) is 6.05. The first-order valence-electron chi connectivity index (χ1n) is 10.0. The first-order chi connectivity index (χ1) is 13.8. The lowest BCUT2D eigenvalue weighted by Crippen LogP contribution is -2.41. The van der Waals surface area contributed by atoms with Crippen molar-refractivity contribution in [2.24, 2.45) is 0 Å². The summed E-state index contributed by atoms with van der Waals surface area (Å²) in [6, 6.07) is 29.1. The molecule has 3 aromatic rings. The summed E-state index contributed by atoms with van der Waals surface area (Å²) in [5, 5.41) is 13.2. The van der Waals surface area contributed by atoms with Crippen molar-refractivity contribution in [1.29, 1.82) is 0 Å². The molecule has 1 fully saturated rings. The summed E-state index contributed by atoms with van der Waals surface area (Å²) in [6.07, 6.45) is 2.29. The van der Waals surface area contributed by atoms with Crippen molar-refractivity contribution >= 4 is 0 Å². The van der Waals surface area contributed by atoms with Crippen molar-refractivity contribution in [3.63, 3.8) is 0 Å². The van der Waals surface area contributed by atoms with Crippen LogP contribution in [0.3, 0.4) is 0 Å². The molecule has 0 amide bonds. The molecule has 1 aliphatic rings. The van der Waals surface area contributed by atoms with E-state index in [1.807, 2.05) is 12.1 Å². The summed E-state index contributed by atoms with van der Waals surface area (Å²) in [5.74, 6) is 0.572. The fourth-order valence-corrected chi connectivity index (χ4v) is 4.07. The van der Waals surface area contributed by atoms with E-state index >= 15 is 0 Å². The van der Waals surface area contributed by atoms with Crippen molar-refractivity contribution in [1.82, 2.24) is 5.32 Å². The highest BCUT2D eigenvalue weighted by Gasteiger charge is 2.30. The van der Waals surface area contributed by atoms with E-state index in [0.29, 0.717) is 18.4 Å². The van der Waals surface area contributed by atoms with Gasteiger partial charge in [-0.15, -0.1) is 0 Å². The second-order valence-electron chi connectivity index (χ2n) is 7.50. The van der Waals surface area contributed by atoms with E-state index in [4.69, 9.17) is 4.74 Å². The van der Waals surface area contributed by atoms with Gasteiger partial charge < -0.3 is 15.2 Å². The molecule has 0 radical (unpaired) electrons. The van der Waals surface area contributed by atoms with E-state index in [0.717, 1.165) is 24.9 Å². The fraction of sp³-hybridized carbons (Fsp3) is 0.280. The van der Waals surface area contributed by atoms with Crippen LogP contribution < -0.4 is 5.32 Å². The van der Waals surface area contributed by atoms with Gasteiger partial charge in [0.2, 0.25) is 0 Å². The third-order valence-corrected chi connectivity index (χ3v) is 5.51. The van der Waals surface area contributed by atoms with Crippen LogP contribution in [-0.4, -0.2) is 23.9 Å². The minimum absolute atomic E-state index is 0.184. The van der Waals surface area contributed by atoms with Crippen LogP contribution in [0.5, 0.6) is 5.75 Å². The van der Waals surface area contributed by atoms with Gasteiger partial charge in [0.05, 0.1) is 12.7 Å². The quantitative estimate of drug-likeness (QED) is 0.648. The van der Waals surface area contributed by atoms with Crippen LogP contribution in [0.1, 0.15) is 35.4 Å². The molecule has 3 aromatic carbocycles. The zero-order chi connectivity index (χ0) is 19.2. The Labute approximate surface area is 167 Å². The second kappa shape index (κ2) is 9.05. The second-order valence-corrected chi connectivity index (χ2v) is 7.50. The van der Waals surface area contributed by atoms with Gasteiger partial charge in [0.15, 0.2) is 0 Å². The largest absolute Gasteiger partial charge is 0.508 e. The standard InChI is InChI=1S/C25H27NO2/c27-23-13-7-8-19(16-23)17-26-22-14-15-24(28-18-22)25(20-9-3-1-4-10-20)21-11-5-2-6-12-21/h1-13,16,22,24-27H,14-15,17-18H2/t22-,24-/m0/s1. The van der Waals surface area contributed by atoms with E-state index in [2.05, 4.69) is 66.0 Å². The van der Waals surface area contributed by atoms with Gasteiger partial charge in [-0.25, -0.2) is 0 Å². The number of hydrogen-bond acceptors (Lipinski definition) is 3. The fourth-order valence-electron chi connectivity index (χ4n) is 4.07. The number of aromatic hydroxyl groups is 1. The first-order valence-corrected chi connectivity index (χ1v) is 10.0. The summed E-state index contributed by atoms with van der Waals surface area (Å²) in [6.45, 7) is 1.45. The summed E-state index contributed by atoms with van der Waals surface area (Å²) in [4.78, 5) is 0. The molecule has 2 atom stereocenters. The number of ether oxygens (including phenoxy) is 1. The van der Waals surface area contributed by atoms with Crippen LogP contribution >= 0.6 is 0 Å². The number of phenolic OH excluding ortho intramolecular Hbond substituents is 1. The summed E-state index contributed by atoms with van der Waals surface area (Å²) in [5.41, 5.74) is 3.71. The third-order valence-electron chi connectivity index (χ3n) is 5.51. The Morgan fingerprint density at radius 2 is 1.54 bits per heavy atom. The van der Waals surface area contributed by atoms with E-state index in [1.54, 1.807) is 12.1 Å². The Hall–Kier alpha value is -2.62. The van der Waals surface area contributed by atoms with E-state index in [-0.39, 0.29) is 12.0 Å². The molecule has 0 unspecified atom stereocenters. The summed E-state index contributed by atoms with van der Waals surface area (Å²) in [7, 11) is 0. The van der Waals surface area contributed by atoms with Gasteiger partial charge in [0, 0.05) is 18.5 Å². The van der Waals surface area contributed by atoms with E-state index < -0.39 is 0 Å². The van der Waals surface area contributed by atoms with Crippen LogP contribution in [0, 0.1) is 0 Å². The summed E-state index contributed by atoms with van der Waals surface area (Å²) < 4.78 is 6.36. The molecule has 0 aromatic heterocycles. The van der Waals surface area contributed by atoms with Gasteiger partial charge in [0.1, 0.15) is 5.75 Å². The molecule has 0 bridgehead atoms. The molecule has 0 spiro atoms. The van der Waals surface area contributed by atoms with Crippen LogP contribution in [0.25, 0.3) is 0 Å². The maximum absolute atomic E-state index is 9.61. The van der Waals surface area contributed by atoms with E-state index in [1.165, 1.54) is 11.1 Å². The van der Waals surface area contributed by atoms with Crippen molar-refractivity contribution in [2.75, 3.05) is 6.61 Å². The predicted molar refractivity (Wildman–Crippen MR) is 112 cm³/mol. The zero-order valence-corrected chi connectivity index (χ0v) is 16.0. The highest BCUT2D eigenvalue weighted by atomic mass is 16.5. The predicted octanol–water partition coefficient (Wildman–Crippen LogP) is 4.86. The van der Waals surface area contributed by atoms with Crippen molar-refractivity contribution in [3.05, 3.63) is 102 Å². The molecular weight excluding hydrogens is 346 g/mol. The molecular formula is C25H27NO2. The molecule has 0 aliphatic carbocycles. The smallest absolute Gasteiger partial charge is 0.115 e. The van der Waals surface area contributed by atoms with Crippen molar-refractivity contribution in [2.45, 2.75) is 37.5 Å². The Morgan fingerprint density at radius 1 is 0.857 bits per heavy atom. The molecule has 1 saturated heterocycles. The van der Waals surface area contributed by atoms with Gasteiger partial charge in [-0.1, -0.05) is 72.8 Å². The molecule has 3 heteroatoms. The maximum Gasteiger partial charge on any atom is 0.115 e. The number of nitrogens with one attached hydrogen (secondary N) is 1.